The predicted octanol–water partition coefficient (Wildman–Crippen LogP) is 2.19. The Bertz CT molecular complexity index is 368. The molecule has 1 aromatic rings. The summed E-state index contributed by atoms with van der Waals surface area (Å²) in [7, 11) is 0. The van der Waals surface area contributed by atoms with Gasteiger partial charge >= 0.3 is 5.97 Å². The zero-order valence-corrected chi connectivity index (χ0v) is 8.58. The number of aliphatic carboxylic acids is 1. The van der Waals surface area contributed by atoms with Crippen LogP contribution in [0.25, 0.3) is 0 Å². The minimum absolute atomic E-state index is 0.123. The van der Waals surface area contributed by atoms with E-state index >= 15 is 0 Å². The van der Waals surface area contributed by atoms with Crippen LogP contribution in [0, 0.1) is 5.92 Å². The Labute approximate surface area is 89.5 Å². The number of hydrogen-bond donors (Lipinski definition) is 1. The lowest BCUT2D eigenvalue weighted by molar-refractivity contribution is -0.141. The molecule has 0 aliphatic rings. The number of alkyl halides is 2. The molecule has 0 unspecified atom stereocenters. The predicted molar refractivity (Wildman–Crippen MR) is 49.0 cm³/mol. The van der Waals surface area contributed by atoms with Gasteiger partial charge in [0.1, 0.15) is 5.69 Å². The number of carboxylic acids is 1. The van der Waals surface area contributed by atoms with Crippen molar-refractivity contribution in [3.63, 3.8) is 0 Å². The Morgan fingerprint density at radius 2 is 2.33 bits per heavy atom. The molecular weight excluding hydrogens is 230 g/mol. The van der Waals surface area contributed by atoms with Crippen molar-refractivity contribution in [3.8, 4) is 0 Å². The van der Waals surface area contributed by atoms with Crippen molar-refractivity contribution in [1.29, 1.82) is 0 Å². The molecule has 0 fully saturated rings. The molecule has 0 radical (unpaired) electrons. The van der Waals surface area contributed by atoms with E-state index < -0.39 is 24.0 Å². The molecule has 0 aliphatic heterocycles. The second kappa shape index (κ2) is 4.57. The van der Waals surface area contributed by atoms with Gasteiger partial charge in [-0.3, -0.25) is 9.48 Å². The third-order valence-corrected chi connectivity index (χ3v) is 2.20. The summed E-state index contributed by atoms with van der Waals surface area (Å²) in [6, 6.07) is 0. The second-order valence-corrected chi connectivity index (χ2v) is 3.51. The summed E-state index contributed by atoms with van der Waals surface area (Å²) in [5.41, 5.74) is -0.440. The molecule has 0 aromatic carbocycles. The normalized spacial score (nSPS) is 13.1. The van der Waals surface area contributed by atoms with Crippen LogP contribution >= 0.6 is 11.6 Å². The third kappa shape index (κ3) is 2.65. The topological polar surface area (TPSA) is 55.1 Å². The number of hydrogen-bond acceptors (Lipinski definition) is 2. The molecule has 1 atom stereocenters. The van der Waals surface area contributed by atoms with E-state index in [1.54, 1.807) is 0 Å². The van der Waals surface area contributed by atoms with Crippen LogP contribution in [0.2, 0.25) is 5.02 Å². The number of carbonyl (C=O) groups is 1. The van der Waals surface area contributed by atoms with E-state index in [4.69, 9.17) is 16.7 Å². The van der Waals surface area contributed by atoms with Gasteiger partial charge in [-0.05, 0) is 0 Å². The quantitative estimate of drug-likeness (QED) is 0.875. The van der Waals surface area contributed by atoms with Gasteiger partial charge in [-0.2, -0.15) is 5.10 Å². The minimum Gasteiger partial charge on any atom is -0.481 e. The number of aromatic nitrogens is 2. The minimum atomic E-state index is -2.76. The van der Waals surface area contributed by atoms with Crippen molar-refractivity contribution < 1.29 is 18.7 Å². The molecule has 0 saturated carbocycles. The third-order valence-electron chi connectivity index (χ3n) is 1.91. The van der Waals surface area contributed by atoms with Crippen LogP contribution in [0.3, 0.4) is 0 Å². The standard InChI is InChI=1S/C8H9ClF2N2O2/c1-4(8(14)15)3-13-6(7(10)11)5(9)2-12-13/h2,4,7H,3H2,1H3,(H,14,15)/t4-/m1/s1. The van der Waals surface area contributed by atoms with Crippen LogP contribution in [-0.2, 0) is 11.3 Å². The molecule has 0 spiro atoms. The summed E-state index contributed by atoms with van der Waals surface area (Å²) < 4.78 is 25.9. The Hall–Kier alpha value is -1.17. The Balaban J connectivity index is 2.90. The van der Waals surface area contributed by atoms with Gasteiger partial charge in [0.15, 0.2) is 0 Å². The maximum atomic E-state index is 12.5. The monoisotopic (exact) mass is 238 g/mol. The molecule has 0 saturated heterocycles. The number of halogens is 3. The molecule has 1 heterocycles. The van der Waals surface area contributed by atoms with E-state index in [0.29, 0.717) is 0 Å². The zero-order chi connectivity index (χ0) is 11.6. The fraction of sp³-hybridized carbons (Fsp3) is 0.500. The number of rotatable bonds is 4. The molecule has 84 valence electrons. The highest BCUT2D eigenvalue weighted by molar-refractivity contribution is 6.31. The van der Waals surface area contributed by atoms with Gasteiger partial charge in [-0.15, -0.1) is 0 Å². The Morgan fingerprint density at radius 1 is 1.73 bits per heavy atom. The highest BCUT2D eigenvalue weighted by Crippen LogP contribution is 2.26. The first-order valence-electron chi connectivity index (χ1n) is 4.15. The average molecular weight is 239 g/mol. The highest BCUT2D eigenvalue weighted by atomic mass is 35.5. The van der Waals surface area contributed by atoms with Gasteiger partial charge in [0, 0.05) is 0 Å². The summed E-state index contributed by atoms with van der Waals surface area (Å²) in [5.74, 6) is -1.86. The first-order valence-corrected chi connectivity index (χ1v) is 4.53. The molecule has 15 heavy (non-hydrogen) atoms. The highest BCUT2D eigenvalue weighted by Gasteiger charge is 2.21. The van der Waals surface area contributed by atoms with E-state index in [1.165, 1.54) is 6.92 Å². The number of carboxylic acid groups (broad SMARTS) is 1. The summed E-state index contributed by atoms with van der Waals surface area (Å²) in [6.45, 7) is 1.29. The van der Waals surface area contributed by atoms with E-state index in [-0.39, 0.29) is 11.6 Å². The van der Waals surface area contributed by atoms with Crippen molar-refractivity contribution in [2.75, 3.05) is 0 Å². The largest absolute Gasteiger partial charge is 0.481 e. The summed E-state index contributed by atoms with van der Waals surface area (Å²) in [4.78, 5) is 10.5. The maximum absolute atomic E-state index is 12.5. The average Bonchev–Trinajstić information content (AvgIpc) is 2.46. The SMILES string of the molecule is C[C@H](Cn1ncc(Cl)c1C(F)F)C(=O)O. The van der Waals surface area contributed by atoms with Gasteiger partial charge in [0.25, 0.3) is 6.43 Å². The molecule has 0 aliphatic carbocycles. The van der Waals surface area contributed by atoms with Crippen LogP contribution in [0.15, 0.2) is 6.20 Å². The fourth-order valence-electron chi connectivity index (χ4n) is 1.07. The van der Waals surface area contributed by atoms with Crippen LogP contribution in [0.1, 0.15) is 19.0 Å². The van der Waals surface area contributed by atoms with E-state index in [0.717, 1.165) is 10.9 Å². The molecule has 4 nitrogen and oxygen atoms in total. The zero-order valence-electron chi connectivity index (χ0n) is 7.82. The molecule has 0 amide bonds. The molecular formula is C8H9ClF2N2O2. The van der Waals surface area contributed by atoms with Crippen molar-refractivity contribution in [2.45, 2.75) is 19.9 Å². The smallest absolute Gasteiger partial charge is 0.308 e. The van der Waals surface area contributed by atoms with Crippen LogP contribution in [0.4, 0.5) is 8.78 Å². The summed E-state index contributed by atoms with van der Waals surface area (Å²) >= 11 is 5.49. The lowest BCUT2D eigenvalue weighted by atomic mass is 10.2. The lowest BCUT2D eigenvalue weighted by Gasteiger charge is -2.09. The van der Waals surface area contributed by atoms with Gasteiger partial charge < -0.3 is 5.11 Å². The van der Waals surface area contributed by atoms with Gasteiger partial charge in [0.05, 0.1) is 23.7 Å². The van der Waals surface area contributed by atoms with Crippen molar-refractivity contribution in [3.05, 3.63) is 16.9 Å². The maximum Gasteiger partial charge on any atom is 0.308 e. The van der Waals surface area contributed by atoms with Crippen molar-refractivity contribution in [1.82, 2.24) is 9.78 Å². The molecule has 1 rings (SSSR count). The number of nitrogens with zero attached hydrogens (tertiary/aromatic N) is 2. The molecule has 7 heteroatoms. The van der Waals surface area contributed by atoms with Crippen LogP contribution < -0.4 is 0 Å². The van der Waals surface area contributed by atoms with E-state index in [1.807, 2.05) is 0 Å². The van der Waals surface area contributed by atoms with E-state index in [9.17, 15) is 13.6 Å². The van der Waals surface area contributed by atoms with Gasteiger partial charge in [0.2, 0.25) is 0 Å². The molecule has 0 bridgehead atoms. The van der Waals surface area contributed by atoms with E-state index in [2.05, 4.69) is 5.10 Å². The first-order chi connectivity index (χ1) is 6.93. The molecule has 1 N–H and O–H groups in total. The van der Waals surface area contributed by atoms with Crippen LogP contribution in [-0.4, -0.2) is 20.9 Å². The van der Waals surface area contributed by atoms with Crippen LogP contribution in [0.5, 0.6) is 0 Å². The first kappa shape index (κ1) is 11.9. The summed E-state index contributed by atoms with van der Waals surface area (Å²) in [5, 5.41) is 12.1. The Morgan fingerprint density at radius 3 is 2.80 bits per heavy atom. The molecule has 1 aromatic heterocycles. The summed E-state index contributed by atoms with van der Waals surface area (Å²) in [6.07, 6.45) is -1.68. The second-order valence-electron chi connectivity index (χ2n) is 3.10. The van der Waals surface area contributed by atoms with Crippen molar-refractivity contribution in [2.24, 2.45) is 5.92 Å². The van der Waals surface area contributed by atoms with Gasteiger partial charge in [-0.1, -0.05) is 18.5 Å². The van der Waals surface area contributed by atoms with Gasteiger partial charge in [-0.25, -0.2) is 8.78 Å². The van der Waals surface area contributed by atoms with Crippen molar-refractivity contribution >= 4 is 17.6 Å². The Kier molecular flexibility index (Phi) is 3.62. The lowest BCUT2D eigenvalue weighted by Crippen LogP contribution is -2.19. The fourth-order valence-corrected chi connectivity index (χ4v) is 1.30.